The molecular formula is C25H24BrCl4N5O3. The molecule has 202 valence electrons. The molecule has 0 unspecified atom stereocenters. The first-order chi connectivity index (χ1) is 17.2. The summed E-state index contributed by atoms with van der Waals surface area (Å²) in [5.74, 6) is -0.0643. The number of hydrogen-bond donors (Lipinski definition) is 0. The Balaban J connectivity index is 0.00000253. The van der Waals surface area contributed by atoms with Crippen LogP contribution in [0.15, 0.2) is 59.6 Å². The summed E-state index contributed by atoms with van der Waals surface area (Å²) in [7, 11) is 1.59. The van der Waals surface area contributed by atoms with E-state index in [2.05, 4.69) is 25.9 Å². The van der Waals surface area contributed by atoms with E-state index < -0.39 is 0 Å². The Labute approximate surface area is 250 Å². The van der Waals surface area contributed by atoms with Gasteiger partial charge in [0.05, 0.1) is 28.3 Å². The van der Waals surface area contributed by atoms with E-state index in [1.807, 2.05) is 29.7 Å². The Hall–Kier alpha value is -2.56. The number of pyridine rings is 2. The molecule has 1 aromatic carbocycles. The fourth-order valence-corrected chi connectivity index (χ4v) is 4.62. The second-order valence-electron chi connectivity index (χ2n) is 7.97. The molecule has 0 fully saturated rings. The first-order valence-corrected chi connectivity index (χ1v) is 12.4. The third kappa shape index (κ3) is 6.52. The zero-order valence-electron chi connectivity index (χ0n) is 20.5. The van der Waals surface area contributed by atoms with E-state index in [1.165, 1.54) is 22.9 Å². The third-order valence-electron chi connectivity index (χ3n) is 5.62. The lowest BCUT2D eigenvalue weighted by atomic mass is 10.2. The molecule has 3 aromatic heterocycles. The van der Waals surface area contributed by atoms with Crippen LogP contribution < -0.4 is 14.5 Å². The minimum Gasteiger partial charge on any atom is -0.485 e. The van der Waals surface area contributed by atoms with E-state index in [0.29, 0.717) is 33.4 Å². The molecule has 0 aliphatic heterocycles. The van der Waals surface area contributed by atoms with Crippen molar-refractivity contribution >= 4 is 92.8 Å². The molecule has 4 rings (SSSR count). The zero-order valence-corrected chi connectivity index (χ0v) is 25.3. The van der Waals surface area contributed by atoms with Gasteiger partial charge in [-0.25, -0.2) is 4.98 Å². The standard InChI is InChI=1S/C25H22BrCl2N5O3.2ClH/c1-15-24(26)32-11-5-7-21(25(32)30-15)36-14-18-19(27)8-9-20(23(18)28)31(3)22(35)13-33(16(2)34)17-6-4-10-29-12-17;;/h4-12H,13-14H2,1-3H3;2*1H. The van der Waals surface area contributed by atoms with Crippen molar-refractivity contribution in [1.82, 2.24) is 14.4 Å². The molecule has 0 radical (unpaired) electrons. The summed E-state index contributed by atoms with van der Waals surface area (Å²) >= 11 is 16.7. The van der Waals surface area contributed by atoms with E-state index in [1.54, 1.807) is 37.5 Å². The summed E-state index contributed by atoms with van der Waals surface area (Å²) in [5.41, 5.74) is 2.97. The molecule has 0 N–H and O–H groups in total. The molecule has 0 bridgehead atoms. The quantitative estimate of drug-likeness (QED) is 0.224. The highest BCUT2D eigenvalue weighted by Gasteiger charge is 2.23. The van der Waals surface area contributed by atoms with Gasteiger partial charge in [0.15, 0.2) is 11.4 Å². The van der Waals surface area contributed by atoms with Gasteiger partial charge in [0.1, 0.15) is 17.8 Å². The average molecular weight is 664 g/mol. The van der Waals surface area contributed by atoms with Gasteiger partial charge in [0, 0.05) is 37.0 Å². The second kappa shape index (κ2) is 13.5. The number of amides is 2. The molecule has 0 saturated carbocycles. The van der Waals surface area contributed by atoms with Gasteiger partial charge in [-0.05, 0) is 59.3 Å². The monoisotopic (exact) mass is 661 g/mol. The lowest BCUT2D eigenvalue weighted by molar-refractivity contribution is -0.121. The number of anilines is 2. The Bertz CT molecular complexity index is 1450. The molecule has 0 aliphatic carbocycles. The molecule has 8 nitrogen and oxygen atoms in total. The van der Waals surface area contributed by atoms with E-state index in [4.69, 9.17) is 27.9 Å². The Morgan fingerprint density at radius 2 is 1.87 bits per heavy atom. The SMILES string of the molecule is CC(=O)N(CC(=O)N(C)c1ccc(Cl)c(COc2cccn3c(Br)c(C)nc23)c1Cl)c1cccnc1.Cl.Cl. The molecule has 0 saturated heterocycles. The number of carbonyl (C=O) groups excluding carboxylic acids is 2. The van der Waals surface area contributed by atoms with Crippen LogP contribution in [0, 0.1) is 6.92 Å². The van der Waals surface area contributed by atoms with Crippen molar-refractivity contribution < 1.29 is 14.3 Å². The number of aryl methyl sites for hydroxylation is 1. The van der Waals surface area contributed by atoms with E-state index in [9.17, 15) is 9.59 Å². The van der Waals surface area contributed by atoms with Crippen molar-refractivity contribution in [3.05, 3.63) is 80.9 Å². The fourth-order valence-electron chi connectivity index (χ4n) is 3.64. The van der Waals surface area contributed by atoms with E-state index in [0.717, 1.165) is 10.3 Å². The molecule has 2 amide bonds. The number of hydrogen-bond acceptors (Lipinski definition) is 5. The predicted molar refractivity (Wildman–Crippen MR) is 159 cm³/mol. The van der Waals surface area contributed by atoms with Crippen LogP contribution in [0.4, 0.5) is 11.4 Å². The molecule has 4 aromatic rings. The van der Waals surface area contributed by atoms with Crippen LogP contribution in [-0.2, 0) is 16.2 Å². The zero-order chi connectivity index (χ0) is 26.0. The minimum atomic E-state index is -0.340. The lowest BCUT2D eigenvalue weighted by Crippen LogP contribution is -2.41. The summed E-state index contributed by atoms with van der Waals surface area (Å²) in [4.78, 5) is 36.6. The number of carbonyl (C=O) groups is 2. The van der Waals surface area contributed by atoms with Gasteiger partial charge in [0.25, 0.3) is 0 Å². The molecular weight excluding hydrogens is 640 g/mol. The van der Waals surface area contributed by atoms with Crippen molar-refractivity contribution in [2.24, 2.45) is 0 Å². The van der Waals surface area contributed by atoms with Gasteiger partial charge >= 0.3 is 0 Å². The highest BCUT2D eigenvalue weighted by molar-refractivity contribution is 9.10. The maximum Gasteiger partial charge on any atom is 0.246 e. The molecule has 0 atom stereocenters. The second-order valence-corrected chi connectivity index (χ2v) is 9.51. The number of halogens is 5. The van der Waals surface area contributed by atoms with Gasteiger partial charge in [-0.3, -0.25) is 19.0 Å². The topological polar surface area (TPSA) is 80.0 Å². The maximum absolute atomic E-state index is 13.1. The van der Waals surface area contributed by atoms with Crippen molar-refractivity contribution in [3.8, 4) is 5.75 Å². The van der Waals surface area contributed by atoms with Gasteiger partial charge in [0.2, 0.25) is 11.8 Å². The first-order valence-electron chi connectivity index (χ1n) is 10.9. The fraction of sp³-hybridized carbons (Fsp3) is 0.200. The predicted octanol–water partition coefficient (Wildman–Crippen LogP) is 6.55. The Morgan fingerprint density at radius 3 is 2.53 bits per heavy atom. The van der Waals surface area contributed by atoms with Gasteiger partial charge < -0.3 is 14.5 Å². The number of nitrogens with zero attached hydrogens (tertiary/aromatic N) is 5. The third-order valence-corrected chi connectivity index (χ3v) is 7.35. The van der Waals surface area contributed by atoms with Gasteiger partial charge in [-0.1, -0.05) is 23.2 Å². The van der Waals surface area contributed by atoms with E-state index >= 15 is 0 Å². The summed E-state index contributed by atoms with van der Waals surface area (Å²) in [5, 5.41) is 0.680. The largest absolute Gasteiger partial charge is 0.485 e. The lowest BCUT2D eigenvalue weighted by Gasteiger charge is -2.25. The summed E-state index contributed by atoms with van der Waals surface area (Å²) < 4.78 is 8.76. The number of ether oxygens (including phenoxy) is 1. The van der Waals surface area contributed by atoms with Crippen molar-refractivity contribution in [2.45, 2.75) is 20.5 Å². The van der Waals surface area contributed by atoms with Crippen LogP contribution in [0.2, 0.25) is 10.0 Å². The first kappa shape index (κ1) is 31.7. The summed E-state index contributed by atoms with van der Waals surface area (Å²) in [6.45, 7) is 3.17. The molecule has 38 heavy (non-hydrogen) atoms. The van der Waals surface area contributed by atoms with Crippen LogP contribution in [0.3, 0.4) is 0 Å². The smallest absolute Gasteiger partial charge is 0.246 e. The normalized spacial score (nSPS) is 10.4. The molecule has 0 spiro atoms. The van der Waals surface area contributed by atoms with Gasteiger partial charge in [-0.15, -0.1) is 24.8 Å². The number of benzene rings is 1. The summed E-state index contributed by atoms with van der Waals surface area (Å²) in [6, 6.07) is 10.4. The summed E-state index contributed by atoms with van der Waals surface area (Å²) in [6.07, 6.45) is 5.00. The Kier molecular flexibility index (Phi) is 11.2. The Morgan fingerprint density at radius 1 is 1.13 bits per heavy atom. The highest BCUT2D eigenvalue weighted by Crippen LogP contribution is 2.35. The van der Waals surface area contributed by atoms with Crippen LogP contribution in [0.25, 0.3) is 5.65 Å². The van der Waals surface area contributed by atoms with Crippen LogP contribution in [0.5, 0.6) is 5.75 Å². The van der Waals surface area contributed by atoms with Crippen LogP contribution in [-0.4, -0.2) is 39.8 Å². The number of rotatable bonds is 7. The maximum atomic E-state index is 13.1. The van der Waals surface area contributed by atoms with Crippen molar-refractivity contribution in [2.75, 3.05) is 23.4 Å². The number of likely N-dealkylation sites (N-methyl/N-ethyl adjacent to an activating group) is 1. The van der Waals surface area contributed by atoms with Crippen molar-refractivity contribution in [3.63, 3.8) is 0 Å². The number of fused-ring (bicyclic) bond motifs is 1. The van der Waals surface area contributed by atoms with Crippen LogP contribution >= 0.6 is 63.9 Å². The average Bonchev–Trinajstić information content (AvgIpc) is 3.16. The number of imidazole rings is 1. The van der Waals surface area contributed by atoms with Crippen LogP contribution in [0.1, 0.15) is 18.2 Å². The molecule has 13 heteroatoms. The van der Waals surface area contributed by atoms with Crippen molar-refractivity contribution in [1.29, 1.82) is 0 Å². The highest BCUT2D eigenvalue weighted by atomic mass is 79.9. The van der Waals surface area contributed by atoms with E-state index in [-0.39, 0.29) is 54.8 Å². The molecule has 3 heterocycles. The van der Waals surface area contributed by atoms with Gasteiger partial charge in [-0.2, -0.15) is 0 Å². The number of aromatic nitrogens is 3. The molecule has 0 aliphatic rings. The minimum absolute atomic E-state index is 0.